The van der Waals surface area contributed by atoms with Gasteiger partial charge in [-0.3, -0.25) is 0 Å². The van der Waals surface area contributed by atoms with Crippen LogP contribution >= 0.6 is 11.3 Å². The number of unbranched alkanes of at least 4 members (excludes halogenated alkanes) is 4. The molecule has 3 heterocycles. The summed E-state index contributed by atoms with van der Waals surface area (Å²) < 4.78 is 5.60. The Balaban J connectivity index is 1.56. The van der Waals surface area contributed by atoms with Crippen molar-refractivity contribution >= 4 is 27.4 Å². The molecule has 0 aliphatic carbocycles. The Morgan fingerprint density at radius 2 is 1.97 bits per heavy atom. The van der Waals surface area contributed by atoms with Crippen LogP contribution in [0.4, 0.5) is 5.82 Å². The van der Waals surface area contributed by atoms with Crippen molar-refractivity contribution in [3.63, 3.8) is 0 Å². The lowest BCUT2D eigenvalue weighted by Crippen LogP contribution is -2.45. The highest BCUT2D eigenvalue weighted by Gasteiger charge is 2.25. The average molecular weight is 489 g/mol. The first kappa shape index (κ1) is 27.1. The van der Waals surface area contributed by atoms with Gasteiger partial charge in [0, 0.05) is 37.2 Å². The quantitative estimate of drug-likeness (QED) is 0.247. The van der Waals surface area contributed by atoms with Gasteiger partial charge in [0.15, 0.2) is 0 Å². The third-order valence-electron chi connectivity index (χ3n) is 6.65. The second-order valence-electron chi connectivity index (χ2n) is 9.44. The van der Waals surface area contributed by atoms with Crippen LogP contribution < -0.4 is 10.2 Å². The Morgan fingerprint density at radius 3 is 2.71 bits per heavy atom. The molecule has 0 bridgehead atoms. The predicted octanol–water partition coefficient (Wildman–Crippen LogP) is 5.28. The smallest absolute Gasteiger partial charge is 0.141 e. The van der Waals surface area contributed by atoms with Crippen molar-refractivity contribution < 1.29 is 9.84 Å². The Hall–Kier alpha value is -1.54. The van der Waals surface area contributed by atoms with E-state index in [1.807, 2.05) is 6.08 Å². The van der Waals surface area contributed by atoms with Crippen LogP contribution in [0, 0.1) is 0 Å². The van der Waals surface area contributed by atoms with Gasteiger partial charge >= 0.3 is 0 Å². The monoisotopic (exact) mass is 488 g/mol. The second-order valence-corrected chi connectivity index (χ2v) is 10.5. The Bertz CT molecular complexity index is 864. The number of aromatic nitrogens is 2. The lowest BCUT2D eigenvalue weighted by Gasteiger charge is -2.34. The number of nitrogens with one attached hydrogen (secondary N) is 1. The number of hydrogen-bond acceptors (Lipinski definition) is 7. The van der Waals surface area contributed by atoms with E-state index in [0.29, 0.717) is 19.2 Å². The van der Waals surface area contributed by atoms with Gasteiger partial charge in [0.05, 0.1) is 18.1 Å². The molecule has 1 fully saturated rings. The van der Waals surface area contributed by atoms with Gasteiger partial charge in [-0.2, -0.15) is 0 Å². The van der Waals surface area contributed by atoms with E-state index in [9.17, 15) is 5.11 Å². The molecule has 2 N–H and O–H groups in total. The van der Waals surface area contributed by atoms with Crippen molar-refractivity contribution in [2.24, 2.45) is 0 Å². The summed E-state index contributed by atoms with van der Waals surface area (Å²) in [6.45, 7) is 12.1. The number of aryl methyl sites for hydroxylation is 1. The van der Waals surface area contributed by atoms with Gasteiger partial charge in [-0.25, -0.2) is 9.97 Å². The highest BCUT2D eigenvalue weighted by Crippen LogP contribution is 2.37. The molecule has 0 amide bonds. The summed E-state index contributed by atoms with van der Waals surface area (Å²) in [6, 6.07) is 0.422. The summed E-state index contributed by atoms with van der Waals surface area (Å²) in [6.07, 6.45) is 14.5. The molecular weight excluding hydrogens is 444 g/mol. The minimum atomic E-state index is -0.444. The van der Waals surface area contributed by atoms with Crippen LogP contribution in [0.25, 0.3) is 10.2 Å². The number of nitrogens with zero attached hydrogens (tertiary/aromatic N) is 3. The lowest BCUT2D eigenvalue weighted by atomic mass is 10.0. The molecule has 3 rings (SSSR count). The molecular formula is C27H44N4O2S. The standard InChI is InChI=1S/C27H44N4O2S/c1-4-7-9-12-23-24(11-6-3)34-27-25(23)26(29-20-30-27)31-15-13-21(14-16-31)28-18-22(32)19-33-17-10-8-5-2/h6,20-22,28,32H,3-5,7-19H2,1-2H3. The number of anilines is 1. The summed E-state index contributed by atoms with van der Waals surface area (Å²) in [5.41, 5.74) is 1.44. The van der Waals surface area contributed by atoms with Crippen LogP contribution in [0.5, 0.6) is 0 Å². The lowest BCUT2D eigenvalue weighted by molar-refractivity contribution is 0.0338. The molecule has 1 saturated heterocycles. The SMILES string of the molecule is C=CCc1sc2ncnc(N3CCC(NCC(O)COCCCCC)CC3)c2c1CCCCC. The van der Waals surface area contributed by atoms with E-state index in [4.69, 9.17) is 9.72 Å². The van der Waals surface area contributed by atoms with Gasteiger partial charge in [-0.05, 0) is 44.1 Å². The molecule has 34 heavy (non-hydrogen) atoms. The summed E-state index contributed by atoms with van der Waals surface area (Å²) in [4.78, 5) is 14.3. The number of aliphatic hydroxyl groups is 1. The highest BCUT2D eigenvalue weighted by atomic mass is 32.1. The summed E-state index contributed by atoms with van der Waals surface area (Å²) in [5.74, 6) is 1.10. The largest absolute Gasteiger partial charge is 0.389 e. The molecule has 0 aromatic carbocycles. The predicted molar refractivity (Wildman–Crippen MR) is 144 cm³/mol. The number of piperidine rings is 1. The number of hydrogen-bond donors (Lipinski definition) is 2. The maximum Gasteiger partial charge on any atom is 0.141 e. The zero-order chi connectivity index (χ0) is 24.2. The van der Waals surface area contributed by atoms with Crippen LogP contribution in [-0.4, -0.2) is 60.1 Å². The van der Waals surface area contributed by atoms with Crippen molar-refractivity contribution in [1.82, 2.24) is 15.3 Å². The summed E-state index contributed by atoms with van der Waals surface area (Å²) in [5, 5.41) is 15.0. The first-order chi connectivity index (χ1) is 16.7. The van der Waals surface area contributed by atoms with Gasteiger partial charge in [0.25, 0.3) is 0 Å². The molecule has 2 aromatic heterocycles. The average Bonchev–Trinajstić information content (AvgIpc) is 3.20. The fourth-order valence-electron chi connectivity index (χ4n) is 4.70. The minimum Gasteiger partial charge on any atom is -0.389 e. The topological polar surface area (TPSA) is 70.5 Å². The molecule has 0 spiro atoms. The zero-order valence-electron chi connectivity index (χ0n) is 21.2. The molecule has 1 aliphatic heterocycles. The normalized spacial score (nSPS) is 15.8. The molecule has 0 radical (unpaired) electrons. The molecule has 0 saturated carbocycles. The van der Waals surface area contributed by atoms with Gasteiger partial charge in [-0.1, -0.05) is 45.6 Å². The number of fused-ring (bicyclic) bond motifs is 1. The van der Waals surface area contributed by atoms with Crippen LogP contribution in [0.3, 0.4) is 0 Å². The number of ether oxygens (including phenoxy) is 1. The Labute approximate surface area is 209 Å². The maximum atomic E-state index is 10.2. The number of allylic oxidation sites excluding steroid dienone is 1. The van der Waals surface area contributed by atoms with E-state index in [-0.39, 0.29) is 0 Å². The van der Waals surface area contributed by atoms with Crippen molar-refractivity contribution in [3.05, 3.63) is 29.4 Å². The third kappa shape index (κ3) is 7.74. The van der Waals surface area contributed by atoms with E-state index in [1.54, 1.807) is 17.7 Å². The fourth-order valence-corrected chi connectivity index (χ4v) is 5.88. The van der Waals surface area contributed by atoms with Crippen molar-refractivity contribution in [2.45, 2.75) is 90.2 Å². The number of rotatable bonds is 16. The van der Waals surface area contributed by atoms with Crippen LogP contribution in [-0.2, 0) is 17.6 Å². The molecule has 1 unspecified atom stereocenters. The van der Waals surface area contributed by atoms with Crippen molar-refractivity contribution in [2.75, 3.05) is 37.7 Å². The maximum absolute atomic E-state index is 10.2. The first-order valence-corrected chi connectivity index (χ1v) is 14.1. The van der Waals surface area contributed by atoms with E-state index >= 15 is 0 Å². The molecule has 6 nitrogen and oxygen atoms in total. The molecule has 7 heteroatoms. The molecule has 190 valence electrons. The van der Waals surface area contributed by atoms with E-state index < -0.39 is 6.10 Å². The van der Waals surface area contributed by atoms with E-state index in [2.05, 4.69) is 35.6 Å². The Kier molecular flexibility index (Phi) is 11.7. The second kappa shape index (κ2) is 14.8. The van der Waals surface area contributed by atoms with E-state index in [1.165, 1.54) is 47.9 Å². The van der Waals surface area contributed by atoms with Crippen molar-refractivity contribution in [3.8, 4) is 0 Å². The van der Waals surface area contributed by atoms with Crippen LogP contribution in [0.15, 0.2) is 19.0 Å². The summed E-state index contributed by atoms with van der Waals surface area (Å²) in [7, 11) is 0. The third-order valence-corrected chi connectivity index (χ3v) is 7.81. The molecule has 2 aromatic rings. The first-order valence-electron chi connectivity index (χ1n) is 13.3. The van der Waals surface area contributed by atoms with Gasteiger partial charge in [0.1, 0.15) is 17.0 Å². The van der Waals surface area contributed by atoms with Gasteiger partial charge in [0.2, 0.25) is 0 Å². The Morgan fingerprint density at radius 1 is 1.21 bits per heavy atom. The van der Waals surface area contributed by atoms with E-state index in [0.717, 1.165) is 62.4 Å². The highest BCUT2D eigenvalue weighted by molar-refractivity contribution is 7.19. The summed E-state index contributed by atoms with van der Waals surface area (Å²) >= 11 is 1.81. The zero-order valence-corrected chi connectivity index (χ0v) is 22.0. The number of aliphatic hydroxyl groups excluding tert-OH is 1. The van der Waals surface area contributed by atoms with Crippen LogP contribution in [0.1, 0.15) is 75.7 Å². The van der Waals surface area contributed by atoms with Crippen LogP contribution in [0.2, 0.25) is 0 Å². The number of thiophene rings is 1. The molecule has 1 atom stereocenters. The van der Waals surface area contributed by atoms with Gasteiger partial charge in [-0.15, -0.1) is 17.9 Å². The minimum absolute atomic E-state index is 0.417. The van der Waals surface area contributed by atoms with Gasteiger partial charge < -0.3 is 20.1 Å². The fraction of sp³-hybridized carbons (Fsp3) is 0.704. The molecule has 1 aliphatic rings. The van der Waals surface area contributed by atoms with Crippen molar-refractivity contribution in [1.29, 1.82) is 0 Å².